The van der Waals surface area contributed by atoms with Crippen LogP contribution in [0.25, 0.3) is 16.0 Å². The first-order chi connectivity index (χ1) is 27.6. The molecular weight excluding hydrogens is 757 g/mol. The molecule has 0 bridgehead atoms. The number of aromatic nitrogens is 5. The summed E-state index contributed by atoms with van der Waals surface area (Å²) in [5.74, 6) is -1.48. The lowest BCUT2D eigenvalue weighted by molar-refractivity contribution is -0.147. The van der Waals surface area contributed by atoms with Crippen molar-refractivity contribution in [1.29, 1.82) is 0 Å². The van der Waals surface area contributed by atoms with E-state index in [9.17, 15) is 23.5 Å². The smallest absolute Gasteiger partial charge is 0.320 e. The Hall–Kier alpha value is -5.75. The van der Waals surface area contributed by atoms with E-state index in [0.29, 0.717) is 54.9 Å². The van der Waals surface area contributed by atoms with Gasteiger partial charge in [-0.3, -0.25) is 19.1 Å². The number of nitrogens with zero attached hydrogens (tertiary/aromatic N) is 7. The lowest BCUT2D eigenvalue weighted by Gasteiger charge is -2.32. The van der Waals surface area contributed by atoms with Crippen molar-refractivity contribution >= 4 is 44.8 Å². The van der Waals surface area contributed by atoms with Crippen LogP contribution in [0, 0.1) is 11.6 Å². The van der Waals surface area contributed by atoms with Gasteiger partial charge < -0.3 is 30.5 Å². The van der Waals surface area contributed by atoms with E-state index in [4.69, 9.17) is 15.2 Å². The molecular formula is C40H41F2N9O5S. The average Bonchev–Trinajstić information content (AvgIpc) is 3.87. The highest BCUT2D eigenvalue weighted by molar-refractivity contribution is 7.18. The third-order valence-electron chi connectivity index (χ3n) is 10.4. The maximum Gasteiger partial charge on any atom is 0.320 e. The number of rotatable bonds is 13. The van der Waals surface area contributed by atoms with Gasteiger partial charge in [-0.1, -0.05) is 24.3 Å². The van der Waals surface area contributed by atoms with E-state index >= 15 is 0 Å². The van der Waals surface area contributed by atoms with Crippen LogP contribution in [0.1, 0.15) is 29.7 Å². The number of fused-ring (bicyclic) bond motifs is 2. The fourth-order valence-electron chi connectivity index (χ4n) is 7.46. The summed E-state index contributed by atoms with van der Waals surface area (Å²) in [7, 11) is 0. The molecule has 0 spiro atoms. The van der Waals surface area contributed by atoms with Crippen molar-refractivity contribution in [2.75, 3.05) is 50.0 Å². The van der Waals surface area contributed by atoms with Crippen molar-refractivity contribution in [3.8, 4) is 11.4 Å². The molecule has 2 aliphatic rings. The second-order valence-corrected chi connectivity index (χ2v) is 15.3. The molecule has 3 aromatic heterocycles. The summed E-state index contributed by atoms with van der Waals surface area (Å²) in [6.45, 7) is 2.82. The summed E-state index contributed by atoms with van der Waals surface area (Å²) < 4.78 is 42.7. The van der Waals surface area contributed by atoms with Gasteiger partial charge in [-0.15, -0.1) is 11.3 Å². The fourth-order valence-corrected chi connectivity index (χ4v) is 8.43. The Balaban J connectivity index is 0.864. The van der Waals surface area contributed by atoms with Gasteiger partial charge in [0.05, 0.1) is 43.1 Å². The van der Waals surface area contributed by atoms with E-state index in [1.807, 2.05) is 59.5 Å². The van der Waals surface area contributed by atoms with Crippen LogP contribution in [0.15, 0.2) is 90.2 Å². The largest absolute Gasteiger partial charge is 0.490 e. The number of carbonyl (C=O) groups is 1. The highest BCUT2D eigenvalue weighted by atomic mass is 32.1. The lowest BCUT2D eigenvalue weighted by Crippen LogP contribution is -2.44. The Kier molecular flexibility index (Phi) is 11.0. The number of esters is 1. The number of thiophene rings is 1. The van der Waals surface area contributed by atoms with Gasteiger partial charge in [-0.05, 0) is 55.3 Å². The Labute approximate surface area is 330 Å². The maximum atomic E-state index is 14.7. The van der Waals surface area contributed by atoms with Crippen LogP contribution < -0.4 is 26.2 Å². The number of hydrogen-bond acceptors (Lipinski definition) is 13. The molecule has 1 atom stereocenters. The first-order valence-corrected chi connectivity index (χ1v) is 19.5. The molecule has 3 aromatic carbocycles. The van der Waals surface area contributed by atoms with E-state index in [1.165, 1.54) is 34.7 Å². The number of benzene rings is 3. The number of nitrogens with one attached hydrogen (secondary N) is 1. The Bertz CT molecular complexity index is 2420. The molecule has 8 rings (SSSR count). The molecule has 2 aliphatic heterocycles. The van der Waals surface area contributed by atoms with Crippen LogP contribution in [0.2, 0.25) is 0 Å². The zero-order valence-corrected chi connectivity index (χ0v) is 31.7. The maximum absolute atomic E-state index is 14.7. The Morgan fingerprint density at radius 1 is 1.05 bits per heavy atom. The van der Waals surface area contributed by atoms with Crippen LogP contribution in [-0.2, 0) is 28.2 Å². The predicted molar refractivity (Wildman–Crippen MR) is 211 cm³/mol. The van der Waals surface area contributed by atoms with Crippen LogP contribution in [0.3, 0.4) is 0 Å². The van der Waals surface area contributed by atoms with Gasteiger partial charge >= 0.3 is 5.97 Å². The van der Waals surface area contributed by atoms with Crippen molar-refractivity contribution in [2.45, 2.75) is 44.0 Å². The minimum atomic E-state index is -1.83. The topological polar surface area (TPSA) is 166 Å². The Morgan fingerprint density at radius 3 is 2.65 bits per heavy atom. The van der Waals surface area contributed by atoms with Crippen molar-refractivity contribution in [1.82, 2.24) is 34.5 Å². The number of nitrogen functional groups attached to an aromatic ring is 1. The molecule has 296 valence electrons. The molecule has 1 saturated heterocycles. The predicted octanol–water partition coefficient (Wildman–Crippen LogP) is 4.50. The minimum Gasteiger partial charge on any atom is -0.490 e. The second kappa shape index (κ2) is 16.4. The number of nitrogens with two attached hydrogens (primary N) is 1. The summed E-state index contributed by atoms with van der Waals surface area (Å²) in [5, 5.41) is 19.1. The average molecular weight is 798 g/mol. The summed E-state index contributed by atoms with van der Waals surface area (Å²) in [6, 6.07) is 20.9. The monoisotopic (exact) mass is 797 g/mol. The van der Waals surface area contributed by atoms with E-state index in [0.717, 1.165) is 40.9 Å². The number of ether oxygens (including phenoxy) is 2. The molecule has 5 heterocycles. The number of hydrogen-bond donors (Lipinski definition) is 3. The van der Waals surface area contributed by atoms with Gasteiger partial charge in [0.1, 0.15) is 47.1 Å². The SMILES string of the molecule is Nc1nc2sc(CNC3CCN(CC(=O)OCCC(O)(Cn4cncn4)c4ccc(F)cc4F)CC3)cc2n(-c2ccc3c(c2)N(c2ccccc2)CCO3)c1=O. The van der Waals surface area contributed by atoms with E-state index < -0.39 is 28.8 Å². The molecule has 0 amide bonds. The number of halogens is 2. The molecule has 57 heavy (non-hydrogen) atoms. The van der Waals surface area contributed by atoms with E-state index in [2.05, 4.69) is 25.3 Å². The van der Waals surface area contributed by atoms with Crippen LogP contribution in [0.5, 0.6) is 5.75 Å². The Morgan fingerprint density at radius 2 is 1.88 bits per heavy atom. The molecule has 1 unspecified atom stereocenters. The summed E-state index contributed by atoms with van der Waals surface area (Å²) >= 11 is 1.48. The van der Waals surface area contributed by atoms with Gasteiger partial charge in [0.15, 0.2) is 5.82 Å². The molecule has 17 heteroatoms. The number of para-hydroxylation sites is 1. The fraction of sp³-hybridized carbons (Fsp3) is 0.325. The van der Waals surface area contributed by atoms with Gasteiger partial charge in [0, 0.05) is 54.3 Å². The normalized spacial score (nSPS) is 15.9. The molecule has 14 nitrogen and oxygen atoms in total. The van der Waals surface area contributed by atoms with Crippen molar-refractivity contribution in [3.63, 3.8) is 0 Å². The van der Waals surface area contributed by atoms with Crippen LogP contribution >= 0.6 is 11.3 Å². The standard InChI is InChI=1S/C40H41F2N9O5S/c41-26-6-8-31(32(42)18-26)40(54,23-49-25-44-24-46-49)12-16-56-36(52)22-48-13-10-27(11-14-48)45-21-30-20-34-38(57-30)47-37(43)39(53)51(34)29-7-9-35-33(19-29)50(15-17-55-35)28-4-2-1-3-5-28/h1-9,18-20,24-25,27,45,54H,10-17,21-23H2,(H2,43,47). The summed E-state index contributed by atoms with van der Waals surface area (Å²) in [5.41, 5.74) is 7.05. The first-order valence-electron chi connectivity index (χ1n) is 18.7. The highest BCUT2D eigenvalue weighted by Gasteiger charge is 2.34. The number of carbonyl (C=O) groups excluding carboxylic acids is 1. The van der Waals surface area contributed by atoms with Crippen molar-refractivity contribution in [2.24, 2.45) is 0 Å². The van der Waals surface area contributed by atoms with Gasteiger partial charge in [-0.25, -0.2) is 23.4 Å². The zero-order valence-electron chi connectivity index (χ0n) is 30.9. The van der Waals surface area contributed by atoms with Gasteiger partial charge in [0.2, 0.25) is 0 Å². The minimum absolute atomic E-state index is 0.0675. The molecule has 0 radical (unpaired) electrons. The molecule has 0 aliphatic carbocycles. The highest BCUT2D eigenvalue weighted by Crippen LogP contribution is 2.39. The van der Waals surface area contributed by atoms with Gasteiger partial charge in [0.25, 0.3) is 5.56 Å². The third kappa shape index (κ3) is 8.37. The number of aliphatic hydroxyl groups is 1. The molecule has 4 N–H and O–H groups in total. The van der Waals surface area contributed by atoms with E-state index in [-0.39, 0.29) is 43.5 Å². The van der Waals surface area contributed by atoms with E-state index in [1.54, 1.807) is 4.57 Å². The molecule has 6 aromatic rings. The summed E-state index contributed by atoms with van der Waals surface area (Å²) in [6.07, 6.45) is 4.11. The molecule has 0 saturated carbocycles. The zero-order chi connectivity index (χ0) is 39.5. The van der Waals surface area contributed by atoms with Crippen LogP contribution in [0.4, 0.5) is 26.0 Å². The number of likely N-dealkylation sites (tertiary alicyclic amines) is 1. The van der Waals surface area contributed by atoms with Crippen molar-refractivity contribution < 1.29 is 28.2 Å². The quantitative estimate of drug-likeness (QED) is 0.140. The number of anilines is 3. The summed E-state index contributed by atoms with van der Waals surface area (Å²) in [4.78, 5) is 40.5. The number of piperidine rings is 1. The van der Waals surface area contributed by atoms with Crippen LogP contribution in [-0.4, -0.2) is 85.7 Å². The second-order valence-electron chi connectivity index (χ2n) is 14.2. The van der Waals surface area contributed by atoms with Gasteiger partial charge in [-0.2, -0.15) is 5.10 Å². The third-order valence-corrected chi connectivity index (χ3v) is 11.4. The first kappa shape index (κ1) is 38.1. The lowest BCUT2D eigenvalue weighted by atomic mass is 9.90. The molecule has 1 fully saturated rings. The van der Waals surface area contributed by atoms with Crippen molar-refractivity contribution in [3.05, 3.63) is 118 Å².